The summed E-state index contributed by atoms with van der Waals surface area (Å²) < 4.78 is 5.96. The van der Waals surface area contributed by atoms with Crippen molar-refractivity contribution in [3.05, 3.63) is 35.4 Å². The molecule has 1 saturated heterocycles. The summed E-state index contributed by atoms with van der Waals surface area (Å²) in [5.74, 6) is 1.72. The van der Waals surface area contributed by atoms with Crippen molar-refractivity contribution in [1.29, 1.82) is 5.26 Å². The van der Waals surface area contributed by atoms with E-state index in [0.717, 1.165) is 31.5 Å². The monoisotopic (exact) mass is 400 g/mol. The quantitative estimate of drug-likeness (QED) is 0.708. The smallest absolute Gasteiger partial charge is 0.142 e. The standard InChI is InChI=1S/C21H24N4O2.ClH/c22-10-16-15(14-3-2-8-24-11-14)9-17(25-21(16)23)20-18(26)4-1-5-19(20)27-12-13-6-7-13;/h1,4-5,9,13-14,24,26H,2-3,6-8,11-12H2,(H2,23,25);1H. The van der Waals surface area contributed by atoms with Gasteiger partial charge in [0.05, 0.1) is 23.4 Å². The van der Waals surface area contributed by atoms with Crippen LogP contribution >= 0.6 is 12.4 Å². The van der Waals surface area contributed by atoms with E-state index in [-0.39, 0.29) is 29.9 Å². The number of hydrogen-bond acceptors (Lipinski definition) is 6. The van der Waals surface area contributed by atoms with E-state index in [1.807, 2.05) is 12.1 Å². The summed E-state index contributed by atoms with van der Waals surface area (Å²) in [5, 5.41) is 23.5. The van der Waals surface area contributed by atoms with Gasteiger partial charge in [-0.1, -0.05) is 6.07 Å². The number of pyridine rings is 1. The van der Waals surface area contributed by atoms with Crippen LogP contribution in [0.5, 0.6) is 11.5 Å². The molecule has 148 valence electrons. The van der Waals surface area contributed by atoms with Gasteiger partial charge in [-0.3, -0.25) is 0 Å². The number of phenols is 1. The van der Waals surface area contributed by atoms with Crippen molar-refractivity contribution in [2.75, 3.05) is 25.4 Å². The summed E-state index contributed by atoms with van der Waals surface area (Å²) in [6.07, 6.45) is 4.43. The molecular formula is C21H25ClN4O2. The molecule has 1 aromatic heterocycles. The Morgan fingerprint density at radius 2 is 2.14 bits per heavy atom. The van der Waals surface area contributed by atoms with Gasteiger partial charge < -0.3 is 20.9 Å². The fourth-order valence-electron chi connectivity index (χ4n) is 3.66. The molecule has 0 radical (unpaired) electrons. The predicted octanol–water partition coefficient (Wildman–Crippen LogP) is 3.59. The van der Waals surface area contributed by atoms with Gasteiger partial charge in [0, 0.05) is 6.54 Å². The van der Waals surface area contributed by atoms with Gasteiger partial charge in [-0.05, 0) is 67.8 Å². The summed E-state index contributed by atoms with van der Waals surface area (Å²) in [5.41, 5.74) is 8.55. The van der Waals surface area contributed by atoms with Gasteiger partial charge in [-0.2, -0.15) is 5.26 Å². The van der Waals surface area contributed by atoms with E-state index in [2.05, 4.69) is 16.4 Å². The number of anilines is 1. The zero-order valence-corrected chi connectivity index (χ0v) is 16.5. The average Bonchev–Trinajstić information content (AvgIpc) is 3.51. The number of nitriles is 1. The van der Waals surface area contributed by atoms with Gasteiger partial charge in [0.25, 0.3) is 0 Å². The molecule has 2 fully saturated rings. The van der Waals surface area contributed by atoms with Crippen molar-refractivity contribution in [2.24, 2.45) is 5.92 Å². The number of nitrogens with one attached hydrogen (secondary N) is 1. The SMILES string of the molecule is Cl.N#Cc1c(C2CCCNC2)cc(-c2c(O)cccc2OCC2CC2)nc1N. The lowest BCUT2D eigenvalue weighted by molar-refractivity contribution is 0.299. The van der Waals surface area contributed by atoms with Crippen molar-refractivity contribution >= 4 is 18.2 Å². The molecular weight excluding hydrogens is 376 g/mol. The second-order valence-electron chi connectivity index (χ2n) is 7.42. The Kier molecular flexibility index (Phi) is 6.28. The van der Waals surface area contributed by atoms with Crippen molar-refractivity contribution in [3.63, 3.8) is 0 Å². The molecule has 2 aliphatic rings. The zero-order chi connectivity index (χ0) is 18.8. The number of hydrogen-bond donors (Lipinski definition) is 3. The number of halogens is 1. The Balaban J connectivity index is 0.00000225. The molecule has 2 heterocycles. The van der Waals surface area contributed by atoms with Crippen LogP contribution < -0.4 is 15.8 Å². The van der Waals surface area contributed by atoms with Gasteiger partial charge in [0.2, 0.25) is 0 Å². The zero-order valence-electron chi connectivity index (χ0n) is 15.6. The average molecular weight is 401 g/mol. The molecule has 0 bridgehead atoms. The lowest BCUT2D eigenvalue weighted by Gasteiger charge is -2.25. The van der Waals surface area contributed by atoms with Crippen LogP contribution in [0.25, 0.3) is 11.3 Å². The molecule has 0 amide bonds. The van der Waals surface area contributed by atoms with Crippen molar-refractivity contribution < 1.29 is 9.84 Å². The molecule has 28 heavy (non-hydrogen) atoms. The number of aromatic nitrogens is 1. The van der Waals surface area contributed by atoms with Gasteiger partial charge in [-0.25, -0.2) is 4.98 Å². The Morgan fingerprint density at radius 1 is 1.32 bits per heavy atom. The minimum absolute atomic E-state index is 0. The number of ether oxygens (including phenoxy) is 1. The molecule has 4 rings (SSSR count). The number of aromatic hydroxyl groups is 1. The second kappa shape index (κ2) is 8.68. The lowest BCUT2D eigenvalue weighted by Crippen LogP contribution is -2.29. The first-order chi connectivity index (χ1) is 13.2. The lowest BCUT2D eigenvalue weighted by atomic mass is 9.88. The molecule has 4 N–H and O–H groups in total. The molecule has 0 spiro atoms. The van der Waals surface area contributed by atoms with Crippen LogP contribution in [0, 0.1) is 17.2 Å². The maximum Gasteiger partial charge on any atom is 0.142 e. The van der Waals surface area contributed by atoms with E-state index in [1.165, 1.54) is 12.8 Å². The number of nitrogen functional groups attached to an aromatic ring is 1. The first-order valence-electron chi connectivity index (χ1n) is 9.53. The molecule has 1 aromatic carbocycles. The third-order valence-electron chi connectivity index (χ3n) is 5.36. The highest BCUT2D eigenvalue weighted by molar-refractivity contribution is 5.85. The molecule has 1 aliphatic carbocycles. The molecule has 1 aliphatic heterocycles. The largest absolute Gasteiger partial charge is 0.507 e. The van der Waals surface area contributed by atoms with E-state index in [4.69, 9.17) is 10.5 Å². The summed E-state index contributed by atoms with van der Waals surface area (Å²) in [6, 6.07) is 9.33. The van der Waals surface area contributed by atoms with Crippen LogP contribution in [0.15, 0.2) is 24.3 Å². The molecule has 1 atom stereocenters. The van der Waals surface area contributed by atoms with E-state index < -0.39 is 0 Å². The molecule has 2 aromatic rings. The molecule has 1 unspecified atom stereocenters. The number of nitrogens with two attached hydrogens (primary N) is 1. The van der Waals surface area contributed by atoms with Crippen LogP contribution in [0.3, 0.4) is 0 Å². The van der Waals surface area contributed by atoms with Crippen LogP contribution in [0.2, 0.25) is 0 Å². The highest BCUT2D eigenvalue weighted by Crippen LogP contribution is 2.41. The summed E-state index contributed by atoms with van der Waals surface area (Å²) in [6.45, 7) is 2.44. The van der Waals surface area contributed by atoms with Gasteiger partial charge >= 0.3 is 0 Å². The third kappa shape index (κ3) is 4.16. The first-order valence-corrected chi connectivity index (χ1v) is 9.53. The van der Waals surface area contributed by atoms with Crippen molar-refractivity contribution in [2.45, 2.75) is 31.6 Å². The first kappa shape index (κ1) is 20.2. The third-order valence-corrected chi connectivity index (χ3v) is 5.36. The number of nitrogens with zero attached hydrogens (tertiary/aromatic N) is 2. The summed E-state index contributed by atoms with van der Waals surface area (Å²) >= 11 is 0. The Bertz CT molecular complexity index is 887. The molecule has 1 saturated carbocycles. The summed E-state index contributed by atoms with van der Waals surface area (Å²) in [4.78, 5) is 4.43. The van der Waals surface area contributed by atoms with E-state index >= 15 is 0 Å². The van der Waals surface area contributed by atoms with Crippen molar-refractivity contribution in [3.8, 4) is 28.8 Å². The van der Waals surface area contributed by atoms with Crippen molar-refractivity contribution in [1.82, 2.24) is 10.3 Å². The fraction of sp³-hybridized carbons (Fsp3) is 0.429. The summed E-state index contributed by atoms with van der Waals surface area (Å²) in [7, 11) is 0. The number of piperidine rings is 1. The van der Waals surface area contributed by atoms with E-state index in [1.54, 1.807) is 12.1 Å². The van der Waals surface area contributed by atoms with Gasteiger partial charge in [0.1, 0.15) is 23.4 Å². The van der Waals surface area contributed by atoms with Gasteiger partial charge in [-0.15, -0.1) is 12.4 Å². The highest BCUT2D eigenvalue weighted by atomic mass is 35.5. The number of rotatable bonds is 5. The normalized spacial score (nSPS) is 18.8. The van der Waals surface area contributed by atoms with Gasteiger partial charge in [0.15, 0.2) is 0 Å². The number of phenolic OH excluding ortho intramolecular Hbond substituents is 1. The van der Waals surface area contributed by atoms with Crippen LogP contribution in [0.4, 0.5) is 5.82 Å². The Labute approximate surface area is 171 Å². The minimum atomic E-state index is 0. The van der Waals surface area contributed by atoms with Crippen LogP contribution in [0.1, 0.15) is 42.7 Å². The van der Waals surface area contributed by atoms with E-state index in [9.17, 15) is 10.4 Å². The van der Waals surface area contributed by atoms with E-state index in [0.29, 0.717) is 35.1 Å². The minimum Gasteiger partial charge on any atom is -0.507 e. The predicted molar refractivity (Wildman–Crippen MR) is 111 cm³/mol. The Morgan fingerprint density at radius 3 is 2.82 bits per heavy atom. The Hall–Kier alpha value is -2.49. The molecule has 6 nitrogen and oxygen atoms in total. The molecule has 7 heteroatoms. The van der Waals surface area contributed by atoms with Crippen LogP contribution in [-0.4, -0.2) is 29.8 Å². The van der Waals surface area contributed by atoms with Crippen LogP contribution in [-0.2, 0) is 0 Å². The maximum atomic E-state index is 10.5. The fourth-order valence-corrected chi connectivity index (χ4v) is 3.66. The maximum absolute atomic E-state index is 10.5. The number of benzene rings is 1. The second-order valence-corrected chi connectivity index (χ2v) is 7.42. The highest BCUT2D eigenvalue weighted by Gasteiger charge is 2.25. The topological polar surface area (TPSA) is 104 Å².